The lowest BCUT2D eigenvalue weighted by atomic mass is 9.79. The van der Waals surface area contributed by atoms with Crippen LogP contribution in [-0.2, 0) is 32.3 Å². The van der Waals surface area contributed by atoms with Crippen LogP contribution >= 0.6 is 16.6 Å². The Labute approximate surface area is 366 Å². The van der Waals surface area contributed by atoms with Gasteiger partial charge in [0, 0.05) is 39.4 Å². The molecular weight excluding hydrogens is 806 g/mol. The topological polar surface area (TPSA) is 90.9 Å². The lowest BCUT2D eigenvalue weighted by Crippen LogP contribution is -2.20. The highest BCUT2D eigenvalue weighted by atomic mass is 31.2. The summed E-state index contributed by atoms with van der Waals surface area (Å²) in [4.78, 5) is 0. The predicted octanol–water partition coefficient (Wildman–Crippen LogP) is 14.7. The molecule has 332 valence electrons. The molecule has 9 nitrogen and oxygen atoms in total. The number of hydrogen-bond donors (Lipinski definition) is 0. The smallest absolute Gasteiger partial charge is 0.387 e. The third-order valence-corrected chi connectivity index (χ3v) is 14.0. The molecule has 0 radical (unpaired) electrons. The molecule has 0 spiro atoms. The minimum atomic E-state index is -1.92. The first kappa shape index (κ1) is 46.6. The van der Waals surface area contributed by atoms with E-state index in [4.69, 9.17) is 40.9 Å². The normalized spacial score (nSPS) is 15.7. The van der Waals surface area contributed by atoms with Crippen molar-refractivity contribution in [1.82, 2.24) is 0 Å². The highest BCUT2D eigenvalue weighted by molar-refractivity contribution is 7.46. The molecule has 61 heavy (non-hydrogen) atoms. The molecule has 6 rings (SSSR count). The largest absolute Gasteiger partial charge is 0.497 e. The highest BCUT2D eigenvalue weighted by Gasteiger charge is 2.35. The van der Waals surface area contributed by atoms with Crippen LogP contribution in [0.3, 0.4) is 0 Å². The summed E-state index contributed by atoms with van der Waals surface area (Å²) in [6, 6.07) is 16.6. The molecule has 0 saturated carbocycles. The molecule has 0 aliphatic carbocycles. The van der Waals surface area contributed by atoms with Crippen molar-refractivity contribution in [1.29, 1.82) is 0 Å². The second-order valence-electron chi connectivity index (χ2n) is 20.4. The van der Waals surface area contributed by atoms with Gasteiger partial charge in [0.05, 0.1) is 46.8 Å². The Morgan fingerprint density at radius 2 is 0.902 bits per heavy atom. The van der Waals surface area contributed by atoms with E-state index in [9.17, 15) is 0 Å². The summed E-state index contributed by atoms with van der Waals surface area (Å²) in [6.07, 6.45) is 0.639. The molecule has 5 aromatic rings. The summed E-state index contributed by atoms with van der Waals surface area (Å²) in [7, 11) is 3.45. The lowest BCUT2D eigenvalue weighted by Gasteiger charge is -2.28. The fraction of sp³-hybridized carbons (Fsp3) is 0.520. The van der Waals surface area contributed by atoms with E-state index in [1.54, 1.807) is 28.4 Å². The summed E-state index contributed by atoms with van der Waals surface area (Å²) in [5.41, 5.74) is 7.96. The molecule has 1 unspecified atom stereocenters. The summed E-state index contributed by atoms with van der Waals surface area (Å²) >= 11 is 0. The van der Waals surface area contributed by atoms with Crippen molar-refractivity contribution in [2.45, 2.75) is 143 Å². The number of rotatable bonds is 10. The Morgan fingerprint density at radius 3 is 1.34 bits per heavy atom. The van der Waals surface area contributed by atoms with Gasteiger partial charge < -0.3 is 36.4 Å². The second-order valence-corrected chi connectivity index (χ2v) is 22.8. The van der Waals surface area contributed by atoms with E-state index in [0.29, 0.717) is 23.7 Å². The van der Waals surface area contributed by atoms with Gasteiger partial charge in [-0.1, -0.05) is 83.1 Å². The Balaban J connectivity index is 1.42. The fourth-order valence-electron chi connectivity index (χ4n) is 8.00. The van der Waals surface area contributed by atoms with Crippen molar-refractivity contribution in [3.63, 3.8) is 0 Å². The Bertz CT molecular complexity index is 2280. The molecule has 1 aliphatic heterocycles. The summed E-state index contributed by atoms with van der Waals surface area (Å²) in [5, 5.41) is 1.74. The Kier molecular flexibility index (Phi) is 13.3. The van der Waals surface area contributed by atoms with Crippen LogP contribution < -0.4 is 28.0 Å². The molecule has 0 saturated heterocycles. The molecule has 1 aliphatic rings. The number of fused-ring (bicyclic) bond motifs is 6. The van der Waals surface area contributed by atoms with Crippen LogP contribution in [0.25, 0.3) is 33.1 Å². The molecule has 0 N–H and O–H groups in total. The number of methoxy groups -OCH3 is 4. The third kappa shape index (κ3) is 10.0. The molecular formula is C50H68O9P2. The average Bonchev–Trinajstić information content (AvgIpc) is 3.41. The standard InChI is InChI=1S/C50H68O9P2/c1-29(55-60-28-39-35(20-31(51-15)24-40(39)47(3,4)5)36-21-32(52-16)25-41(44(36)57-60)48(6,7)8)19-30(2)56-61-58-45-37(22-33(53-17)26-42(45)49(9,10)11)38-23-34(54-18)27-43(46(38)59-61)50(12,13)14/h20-27,29-30H,19,28H2,1-18H3/t29-,30-,60?/m0/s1. The predicted molar refractivity (Wildman–Crippen MR) is 252 cm³/mol. The van der Waals surface area contributed by atoms with Gasteiger partial charge in [-0.3, -0.25) is 4.52 Å². The summed E-state index contributed by atoms with van der Waals surface area (Å²) in [6.45, 7) is 30.5. The van der Waals surface area contributed by atoms with E-state index in [1.807, 2.05) is 12.1 Å². The van der Waals surface area contributed by atoms with Crippen molar-refractivity contribution >= 4 is 38.6 Å². The van der Waals surface area contributed by atoms with E-state index >= 15 is 0 Å². The SMILES string of the molecule is COc1cc2c(c(C(C)(C)C)c1)CP(O[C@@H](C)C[C@H](C)Op1oc3c(C(C)(C)C)cc(OC)cc3c3cc(OC)cc(C(C)(C)C)c3o1)Oc1c-2cc(OC)cc1C(C)(C)C. The zero-order valence-electron chi connectivity index (χ0n) is 39.8. The second kappa shape index (κ2) is 17.4. The molecule has 0 bridgehead atoms. The van der Waals surface area contributed by atoms with Crippen LogP contribution in [0, 0.1) is 0 Å². The van der Waals surface area contributed by atoms with E-state index in [0.717, 1.165) is 67.3 Å². The zero-order valence-corrected chi connectivity index (χ0v) is 41.5. The molecule has 11 heteroatoms. The van der Waals surface area contributed by atoms with Crippen LogP contribution in [0.1, 0.15) is 131 Å². The lowest BCUT2D eigenvalue weighted by molar-refractivity contribution is 0.155. The number of benzene rings is 4. The van der Waals surface area contributed by atoms with Gasteiger partial charge in [0.25, 0.3) is 0 Å². The van der Waals surface area contributed by atoms with Crippen molar-refractivity contribution in [2.24, 2.45) is 0 Å². The maximum absolute atomic E-state index is 7.10. The van der Waals surface area contributed by atoms with Gasteiger partial charge in [-0.15, -0.1) is 0 Å². The van der Waals surface area contributed by atoms with Crippen LogP contribution in [0.5, 0.6) is 28.7 Å². The number of ether oxygens (including phenoxy) is 4. The van der Waals surface area contributed by atoms with E-state index < -0.39 is 16.6 Å². The van der Waals surface area contributed by atoms with Crippen LogP contribution in [-0.4, -0.2) is 40.6 Å². The monoisotopic (exact) mass is 874 g/mol. The van der Waals surface area contributed by atoms with Gasteiger partial charge in [-0.2, -0.15) is 0 Å². The first-order chi connectivity index (χ1) is 28.4. The minimum absolute atomic E-state index is 0.169. The molecule has 4 aromatic carbocycles. The molecule has 3 atom stereocenters. The van der Waals surface area contributed by atoms with Gasteiger partial charge >= 0.3 is 8.24 Å². The maximum Gasteiger partial charge on any atom is 0.387 e. The van der Waals surface area contributed by atoms with Crippen LogP contribution in [0.2, 0.25) is 0 Å². The Morgan fingerprint density at radius 1 is 0.508 bits per heavy atom. The highest BCUT2D eigenvalue weighted by Crippen LogP contribution is 2.57. The molecule has 0 amide bonds. The quantitative estimate of drug-likeness (QED) is 0.127. The summed E-state index contributed by atoms with van der Waals surface area (Å²) < 4.78 is 58.2. The number of hydrogen-bond acceptors (Lipinski definition) is 9. The van der Waals surface area contributed by atoms with Gasteiger partial charge in [-0.05, 0) is 101 Å². The first-order valence-corrected chi connectivity index (χ1v) is 23.7. The maximum atomic E-state index is 7.10. The average molecular weight is 875 g/mol. The van der Waals surface area contributed by atoms with Gasteiger partial charge in [0.15, 0.2) is 0 Å². The van der Waals surface area contributed by atoms with Crippen molar-refractivity contribution in [3.05, 3.63) is 76.3 Å². The Hall–Kier alpha value is -3.87. The van der Waals surface area contributed by atoms with Gasteiger partial charge in [0.2, 0.25) is 8.38 Å². The summed E-state index contributed by atoms with van der Waals surface area (Å²) in [5.74, 6) is 3.88. The third-order valence-electron chi connectivity index (χ3n) is 11.2. The van der Waals surface area contributed by atoms with E-state index in [1.165, 1.54) is 11.1 Å². The van der Waals surface area contributed by atoms with Crippen molar-refractivity contribution in [3.8, 4) is 39.9 Å². The fourth-order valence-corrected chi connectivity index (χ4v) is 10.9. The van der Waals surface area contributed by atoms with E-state index in [2.05, 4.69) is 133 Å². The molecule has 0 fully saturated rings. The van der Waals surface area contributed by atoms with Crippen molar-refractivity contribution < 1.29 is 40.9 Å². The van der Waals surface area contributed by atoms with E-state index in [-0.39, 0.29) is 33.9 Å². The molecule has 2 heterocycles. The van der Waals surface area contributed by atoms with Gasteiger partial charge in [0.1, 0.15) is 39.9 Å². The first-order valence-electron chi connectivity index (χ1n) is 21.2. The molecule has 1 aromatic heterocycles. The van der Waals surface area contributed by atoms with Crippen molar-refractivity contribution in [2.75, 3.05) is 28.4 Å². The van der Waals surface area contributed by atoms with Gasteiger partial charge in [-0.25, -0.2) is 0 Å². The van der Waals surface area contributed by atoms with Crippen LogP contribution in [0.4, 0.5) is 0 Å². The van der Waals surface area contributed by atoms with Crippen LogP contribution in [0.15, 0.2) is 56.9 Å². The minimum Gasteiger partial charge on any atom is -0.497 e. The zero-order chi connectivity index (χ0) is 45.0.